The Labute approximate surface area is 108 Å². The third-order valence-corrected chi connectivity index (χ3v) is 4.99. The molecule has 1 N–H and O–H groups in total. The first-order valence-electron chi connectivity index (χ1n) is 6.16. The lowest BCUT2D eigenvalue weighted by atomic mass is 10.2. The standard InChI is InChI=1S/C12H20N2O3S/c1-9(10-4-5-10)13-8-11-6-7-12(17-11)18(15,16)14(2)3/h6-7,9-10,13H,4-5,8H2,1-3H3. The van der Waals surface area contributed by atoms with Crippen molar-refractivity contribution >= 4 is 10.0 Å². The smallest absolute Gasteiger partial charge is 0.275 e. The van der Waals surface area contributed by atoms with Crippen molar-refractivity contribution in [1.29, 1.82) is 0 Å². The summed E-state index contributed by atoms with van der Waals surface area (Å²) in [5, 5.41) is 3.36. The molecular weight excluding hydrogens is 252 g/mol. The molecule has 1 saturated carbocycles. The van der Waals surface area contributed by atoms with Crippen LogP contribution in [0.15, 0.2) is 21.6 Å². The molecule has 1 aromatic rings. The summed E-state index contributed by atoms with van der Waals surface area (Å²) in [6.45, 7) is 2.72. The van der Waals surface area contributed by atoms with Crippen molar-refractivity contribution in [2.45, 2.75) is 37.4 Å². The van der Waals surface area contributed by atoms with Gasteiger partial charge in [0.1, 0.15) is 5.76 Å². The molecule has 1 aromatic heterocycles. The second-order valence-electron chi connectivity index (χ2n) is 5.02. The molecule has 1 atom stereocenters. The number of rotatable bonds is 6. The number of hydrogen-bond acceptors (Lipinski definition) is 4. The lowest BCUT2D eigenvalue weighted by Crippen LogP contribution is -2.27. The molecule has 1 aliphatic rings. The van der Waals surface area contributed by atoms with E-state index >= 15 is 0 Å². The van der Waals surface area contributed by atoms with Crippen LogP contribution in [0.3, 0.4) is 0 Å². The molecule has 2 rings (SSSR count). The summed E-state index contributed by atoms with van der Waals surface area (Å²) in [6.07, 6.45) is 2.57. The minimum absolute atomic E-state index is 0.00313. The third kappa shape index (κ3) is 2.93. The van der Waals surface area contributed by atoms with Gasteiger partial charge in [-0.1, -0.05) is 0 Å². The summed E-state index contributed by atoms with van der Waals surface area (Å²) in [5.41, 5.74) is 0. The van der Waals surface area contributed by atoms with Gasteiger partial charge in [0.25, 0.3) is 10.0 Å². The normalized spacial score (nSPS) is 18.2. The molecule has 1 heterocycles. The number of hydrogen-bond donors (Lipinski definition) is 1. The minimum atomic E-state index is -3.46. The molecule has 0 aliphatic heterocycles. The second kappa shape index (κ2) is 5.03. The molecule has 1 fully saturated rings. The van der Waals surface area contributed by atoms with Crippen molar-refractivity contribution in [2.75, 3.05) is 14.1 Å². The van der Waals surface area contributed by atoms with E-state index in [2.05, 4.69) is 12.2 Å². The molecule has 102 valence electrons. The van der Waals surface area contributed by atoms with Crippen molar-refractivity contribution in [3.05, 3.63) is 17.9 Å². The van der Waals surface area contributed by atoms with Gasteiger partial charge in [-0.2, -0.15) is 0 Å². The Balaban J connectivity index is 1.97. The number of nitrogens with zero attached hydrogens (tertiary/aromatic N) is 1. The quantitative estimate of drug-likeness (QED) is 0.850. The van der Waals surface area contributed by atoms with E-state index in [-0.39, 0.29) is 5.09 Å². The highest BCUT2D eigenvalue weighted by atomic mass is 32.2. The van der Waals surface area contributed by atoms with Gasteiger partial charge in [-0.15, -0.1) is 0 Å². The Morgan fingerprint density at radius 3 is 2.67 bits per heavy atom. The number of sulfonamides is 1. The van der Waals surface area contributed by atoms with Crippen LogP contribution in [0.5, 0.6) is 0 Å². The summed E-state index contributed by atoms with van der Waals surface area (Å²) in [5.74, 6) is 1.42. The van der Waals surface area contributed by atoms with Crippen LogP contribution in [0.1, 0.15) is 25.5 Å². The predicted molar refractivity (Wildman–Crippen MR) is 68.6 cm³/mol. The maximum Gasteiger partial charge on any atom is 0.275 e. The fourth-order valence-corrected chi connectivity index (χ4v) is 2.61. The van der Waals surface area contributed by atoms with Gasteiger partial charge in [-0.25, -0.2) is 12.7 Å². The van der Waals surface area contributed by atoms with Crippen LogP contribution in [0.2, 0.25) is 0 Å². The van der Waals surface area contributed by atoms with E-state index in [1.54, 1.807) is 6.07 Å². The van der Waals surface area contributed by atoms with Crippen molar-refractivity contribution in [3.63, 3.8) is 0 Å². The van der Waals surface area contributed by atoms with E-state index in [9.17, 15) is 8.42 Å². The van der Waals surface area contributed by atoms with E-state index in [4.69, 9.17) is 4.42 Å². The van der Waals surface area contributed by atoms with E-state index in [0.29, 0.717) is 18.3 Å². The molecule has 0 spiro atoms. The highest BCUT2D eigenvalue weighted by molar-refractivity contribution is 7.88. The molecule has 18 heavy (non-hydrogen) atoms. The lowest BCUT2D eigenvalue weighted by Gasteiger charge is -2.11. The van der Waals surface area contributed by atoms with Crippen molar-refractivity contribution < 1.29 is 12.8 Å². The molecule has 0 aromatic carbocycles. The summed E-state index contributed by atoms with van der Waals surface area (Å²) in [4.78, 5) is 0. The predicted octanol–water partition coefficient (Wildman–Crippen LogP) is 1.42. The van der Waals surface area contributed by atoms with Crippen LogP contribution in [0.25, 0.3) is 0 Å². The minimum Gasteiger partial charge on any atom is -0.447 e. The second-order valence-corrected chi connectivity index (χ2v) is 7.10. The van der Waals surface area contributed by atoms with Crippen LogP contribution in [-0.4, -0.2) is 32.9 Å². The Kier molecular flexibility index (Phi) is 3.79. The molecule has 0 bridgehead atoms. The largest absolute Gasteiger partial charge is 0.447 e. The summed E-state index contributed by atoms with van der Waals surface area (Å²) in [6, 6.07) is 3.68. The van der Waals surface area contributed by atoms with E-state index in [1.165, 1.54) is 33.0 Å². The first-order chi connectivity index (χ1) is 8.41. The zero-order chi connectivity index (χ0) is 13.3. The molecule has 1 unspecified atom stereocenters. The van der Waals surface area contributed by atoms with Gasteiger partial charge in [-0.3, -0.25) is 0 Å². The molecule has 0 amide bonds. The van der Waals surface area contributed by atoms with Gasteiger partial charge in [0.15, 0.2) is 0 Å². The zero-order valence-electron chi connectivity index (χ0n) is 11.0. The molecular formula is C12H20N2O3S. The van der Waals surface area contributed by atoms with E-state index < -0.39 is 10.0 Å². The van der Waals surface area contributed by atoms with Crippen LogP contribution in [0, 0.1) is 5.92 Å². The summed E-state index contributed by atoms with van der Waals surface area (Å²) in [7, 11) is -0.478. The van der Waals surface area contributed by atoms with Gasteiger partial charge in [0, 0.05) is 20.1 Å². The van der Waals surface area contributed by atoms with Crippen molar-refractivity contribution in [1.82, 2.24) is 9.62 Å². The molecule has 0 saturated heterocycles. The van der Waals surface area contributed by atoms with Gasteiger partial charge in [0.05, 0.1) is 6.54 Å². The monoisotopic (exact) mass is 272 g/mol. The van der Waals surface area contributed by atoms with Gasteiger partial charge in [-0.05, 0) is 37.8 Å². The molecule has 6 heteroatoms. The Morgan fingerprint density at radius 2 is 2.11 bits per heavy atom. The Bertz CT molecular complexity index is 503. The fourth-order valence-electron chi connectivity index (χ4n) is 1.80. The topological polar surface area (TPSA) is 62.6 Å². The Hall–Kier alpha value is -0.850. The summed E-state index contributed by atoms with van der Waals surface area (Å²) >= 11 is 0. The Morgan fingerprint density at radius 1 is 1.44 bits per heavy atom. The SMILES string of the molecule is CC(NCc1ccc(S(=O)(=O)N(C)C)o1)C1CC1. The van der Waals surface area contributed by atoms with Crippen molar-refractivity contribution in [2.24, 2.45) is 5.92 Å². The van der Waals surface area contributed by atoms with E-state index in [1.807, 2.05) is 0 Å². The zero-order valence-corrected chi connectivity index (χ0v) is 11.8. The number of nitrogens with one attached hydrogen (secondary N) is 1. The number of furan rings is 1. The van der Waals surface area contributed by atoms with Gasteiger partial charge in [0.2, 0.25) is 5.09 Å². The van der Waals surface area contributed by atoms with Crippen LogP contribution in [-0.2, 0) is 16.6 Å². The highest BCUT2D eigenvalue weighted by Crippen LogP contribution is 2.32. The average Bonchev–Trinajstić information content (AvgIpc) is 3.04. The van der Waals surface area contributed by atoms with Gasteiger partial charge < -0.3 is 9.73 Å². The first-order valence-corrected chi connectivity index (χ1v) is 7.60. The molecule has 0 radical (unpaired) electrons. The fraction of sp³-hybridized carbons (Fsp3) is 0.667. The molecule has 1 aliphatic carbocycles. The first kappa shape index (κ1) is 13.6. The van der Waals surface area contributed by atoms with E-state index in [0.717, 1.165) is 10.2 Å². The van der Waals surface area contributed by atoms with Crippen LogP contribution >= 0.6 is 0 Å². The highest BCUT2D eigenvalue weighted by Gasteiger charge is 2.27. The molecule has 5 nitrogen and oxygen atoms in total. The average molecular weight is 272 g/mol. The summed E-state index contributed by atoms with van der Waals surface area (Å²) < 4.78 is 30.1. The maximum atomic E-state index is 11.8. The maximum absolute atomic E-state index is 11.8. The van der Waals surface area contributed by atoms with Gasteiger partial charge >= 0.3 is 0 Å². The van der Waals surface area contributed by atoms with Crippen LogP contribution < -0.4 is 5.32 Å². The third-order valence-electron chi connectivity index (χ3n) is 3.30. The lowest BCUT2D eigenvalue weighted by molar-refractivity contribution is 0.375. The van der Waals surface area contributed by atoms with Crippen LogP contribution in [0.4, 0.5) is 0 Å². The van der Waals surface area contributed by atoms with Crippen molar-refractivity contribution in [3.8, 4) is 0 Å².